The Morgan fingerprint density at radius 1 is 1.61 bits per heavy atom. The van der Waals surface area contributed by atoms with Crippen molar-refractivity contribution < 1.29 is 9.90 Å². The number of hydrogen-bond acceptors (Lipinski definition) is 4. The minimum atomic E-state index is -0.662. The minimum Gasteiger partial charge on any atom is -0.389 e. The van der Waals surface area contributed by atoms with Gasteiger partial charge in [-0.1, -0.05) is 0 Å². The SMILES string of the molecule is CC1(O)CCCN(CC(=O)c2cc(Br)sc2Br)C1. The van der Waals surface area contributed by atoms with Crippen molar-refractivity contribution in [1.29, 1.82) is 0 Å². The fourth-order valence-corrected chi connectivity index (χ4v) is 5.13. The van der Waals surface area contributed by atoms with Crippen molar-refractivity contribution >= 4 is 49.0 Å². The molecule has 2 heterocycles. The predicted molar refractivity (Wildman–Crippen MR) is 80.3 cm³/mol. The molecule has 1 aliphatic heterocycles. The molecule has 18 heavy (non-hydrogen) atoms. The highest BCUT2D eigenvalue weighted by atomic mass is 79.9. The molecule has 1 saturated heterocycles. The summed E-state index contributed by atoms with van der Waals surface area (Å²) in [6.07, 6.45) is 1.75. The lowest BCUT2D eigenvalue weighted by atomic mass is 9.95. The quantitative estimate of drug-likeness (QED) is 0.796. The van der Waals surface area contributed by atoms with Crippen LogP contribution in [0.2, 0.25) is 0 Å². The highest BCUT2D eigenvalue weighted by molar-refractivity contribution is 9.12. The average Bonchev–Trinajstić information content (AvgIpc) is 2.56. The molecular weight excluding hydrogens is 382 g/mol. The van der Waals surface area contributed by atoms with E-state index >= 15 is 0 Å². The number of ketones is 1. The second kappa shape index (κ2) is 5.71. The van der Waals surface area contributed by atoms with Gasteiger partial charge in [0.25, 0.3) is 0 Å². The maximum atomic E-state index is 12.2. The number of β-amino-alcohol motifs (C(OH)–C–C–N with tert-alkyl or cyclic N) is 1. The first-order valence-electron chi connectivity index (χ1n) is 5.80. The van der Waals surface area contributed by atoms with Crippen LogP contribution in [-0.2, 0) is 0 Å². The molecular formula is C12H15Br2NO2S. The Morgan fingerprint density at radius 2 is 2.33 bits per heavy atom. The van der Waals surface area contributed by atoms with Crippen molar-refractivity contribution in [3.05, 3.63) is 19.2 Å². The van der Waals surface area contributed by atoms with E-state index in [4.69, 9.17) is 0 Å². The Morgan fingerprint density at radius 3 is 2.89 bits per heavy atom. The van der Waals surface area contributed by atoms with Crippen LogP contribution in [0.5, 0.6) is 0 Å². The van der Waals surface area contributed by atoms with Gasteiger partial charge >= 0.3 is 0 Å². The van der Waals surface area contributed by atoms with Crippen LogP contribution >= 0.6 is 43.2 Å². The van der Waals surface area contributed by atoms with Crippen molar-refractivity contribution in [2.24, 2.45) is 0 Å². The third-order valence-electron chi connectivity index (χ3n) is 3.08. The lowest BCUT2D eigenvalue weighted by Crippen LogP contribution is -2.47. The lowest BCUT2D eigenvalue weighted by Gasteiger charge is -2.36. The van der Waals surface area contributed by atoms with Gasteiger partial charge in [0.2, 0.25) is 0 Å². The average molecular weight is 397 g/mol. The highest BCUT2D eigenvalue weighted by Gasteiger charge is 2.29. The number of aliphatic hydroxyl groups is 1. The molecule has 0 saturated carbocycles. The first kappa shape index (κ1) is 14.7. The largest absolute Gasteiger partial charge is 0.389 e. The van der Waals surface area contributed by atoms with Crippen LogP contribution in [0, 0.1) is 0 Å². The van der Waals surface area contributed by atoms with Crippen LogP contribution in [0.1, 0.15) is 30.1 Å². The number of likely N-dealkylation sites (tertiary alicyclic amines) is 1. The summed E-state index contributed by atoms with van der Waals surface area (Å²) in [6.45, 7) is 3.66. The van der Waals surface area contributed by atoms with E-state index in [0.29, 0.717) is 13.1 Å². The molecule has 1 unspecified atom stereocenters. The molecule has 0 amide bonds. The Kier molecular flexibility index (Phi) is 4.65. The number of thiophene rings is 1. The Bertz CT molecular complexity index is 459. The predicted octanol–water partition coefficient (Wildman–Crippen LogP) is 3.30. The number of rotatable bonds is 3. The van der Waals surface area contributed by atoms with E-state index < -0.39 is 5.60 Å². The molecule has 0 bridgehead atoms. The van der Waals surface area contributed by atoms with E-state index in [1.165, 1.54) is 11.3 Å². The van der Waals surface area contributed by atoms with Gasteiger partial charge in [0.15, 0.2) is 5.78 Å². The maximum Gasteiger partial charge on any atom is 0.178 e. The zero-order valence-electron chi connectivity index (χ0n) is 10.1. The summed E-state index contributed by atoms with van der Waals surface area (Å²) >= 11 is 8.29. The van der Waals surface area contributed by atoms with Crippen molar-refractivity contribution in [2.45, 2.75) is 25.4 Å². The number of hydrogen-bond donors (Lipinski definition) is 1. The summed E-state index contributed by atoms with van der Waals surface area (Å²) in [5, 5.41) is 10.0. The van der Waals surface area contributed by atoms with Gasteiger partial charge in [0.05, 0.1) is 19.7 Å². The monoisotopic (exact) mass is 395 g/mol. The molecule has 0 aliphatic carbocycles. The van der Waals surface area contributed by atoms with Crippen molar-refractivity contribution in [3.63, 3.8) is 0 Å². The van der Waals surface area contributed by atoms with E-state index in [2.05, 4.69) is 31.9 Å². The van der Waals surface area contributed by atoms with Crippen molar-refractivity contribution in [2.75, 3.05) is 19.6 Å². The second-order valence-corrected chi connectivity index (χ2v) is 8.72. The normalized spacial score (nSPS) is 25.3. The van der Waals surface area contributed by atoms with Gasteiger partial charge in [-0.25, -0.2) is 0 Å². The molecule has 0 spiro atoms. The number of Topliss-reactive ketones (excluding diaryl/α,β-unsaturated/α-hetero) is 1. The van der Waals surface area contributed by atoms with E-state index in [1.807, 2.05) is 17.9 Å². The van der Waals surface area contributed by atoms with Crippen LogP contribution in [0.4, 0.5) is 0 Å². The van der Waals surface area contributed by atoms with Gasteiger partial charge in [0, 0.05) is 12.1 Å². The molecule has 1 N–H and O–H groups in total. The zero-order chi connectivity index (χ0) is 13.3. The van der Waals surface area contributed by atoms with Crippen LogP contribution in [0.3, 0.4) is 0 Å². The smallest absolute Gasteiger partial charge is 0.178 e. The zero-order valence-corrected chi connectivity index (χ0v) is 14.1. The molecule has 1 fully saturated rings. The molecule has 2 rings (SSSR count). The van der Waals surface area contributed by atoms with Crippen molar-refractivity contribution in [1.82, 2.24) is 4.90 Å². The van der Waals surface area contributed by atoms with Crippen LogP contribution in [0.25, 0.3) is 0 Å². The third kappa shape index (κ3) is 3.63. The van der Waals surface area contributed by atoms with E-state index in [9.17, 15) is 9.90 Å². The van der Waals surface area contributed by atoms with Gasteiger partial charge in [-0.15, -0.1) is 11.3 Å². The van der Waals surface area contributed by atoms with Crippen molar-refractivity contribution in [3.8, 4) is 0 Å². The molecule has 1 aromatic heterocycles. The molecule has 1 atom stereocenters. The number of piperidine rings is 1. The molecule has 6 heteroatoms. The second-order valence-electron chi connectivity index (χ2n) is 4.97. The third-order valence-corrected chi connectivity index (χ3v) is 5.42. The first-order chi connectivity index (χ1) is 8.37. The summed E-state index contributed by atoms with van der Waals surface area (Å²) in [5.41, 5.74) is 0.0578. The molecule has 1 aliphatic rings. The minimum absolute atomic E-state index is 0.0986. The van der Waals surface area contributed by atoms with Crippen LogP contribution in [-0.4, -0.2) is 41.0 Å². The van der Waals surface area contributed by atoms with Crippen LogP contribution < -0.4 is 0 Å². The Balaban J connectivity index is 2.01. The summed E-state index contributed by atoms with van der Waals surface area (Å²) in [6, 6.07) is 1.85. The van der Waals surface area contributed by atoms with Gasteiger partial charge in [-0.2, -0.15) is 0 Å². The van der Waals surface area contributed by atoms with E-state index in [1.54, 1.807) is 0 Å². The standard InChI is InChI=1S/C12H15Br2NO2S/c1-12(17)3-2-4-15(7-12)6-9(16)8-5-10(13)18-11(8)14/h5,17H,2-4,6-7H2,1H3. The van der Waals surface area contributed by atoms with Gasteiger partial charge in [-0.3, -0.25) is 9.69 Å². The Hall–Kier alpha value is 0.250. The van der Waals surface area contributed by atoms with Gasteiger partial charge in [-0.05, 0) is 64.2 Å². The molecule has 100 valence electrons. The maximum absolute atomic E-state index is 12.2. The van der Waals surface area contributed by atoms with E-state index in [0.717, 1.165) is 32.5 Å². The number of halogens is 2. The summed E-state index contributed by atoms with van der Waals surface area (Å²) in [4.78, 5) is 14.2. The van der Waals surface area contributed by atoms with Gasteiger partial charge in [0.1, 0.15) is 0 Å². The first-order valence-corrected chi connectivity index (χ1v) is 8.20. The van der Waals surface area contributed by atoms with Crippen LogP contribution in [0.15, 0.2) is 13.6 Å². The molecule has 1 aromatic rings. The fraction of sp³-hybridized carbons (Fsp3) is 0.583. The molecule has 0 aromatic carbocycles. The molecule has 0 radical (unpaired) electrons. The van der Waals surface area contributed by atoms with Gasteiger partial charge < -0.3 is 5.11 Å². The summed E-state index contributed by atoms with van der Waals surface area (Å²) < 4.78 is 1.81. The number of carbonyl (C=O) groups excluding carboxylic acids is 1. The Labute approximate surface area is 127 Å². The topological polar surface area (TPSA) is 40.5 Å². The highest BCUT2D eigenvalue weighted by Crippen LogP contribution is 2.32. The molecule has 3 nitrogen and oxygen atoms in total. The number of carbonyl (C=O) groups is 1. The van der Waals surface area contributed by atoms with E-state index in [-0.39, 0.29) is 5.78 Å². The lowest BCUT2D eigenvalue weighted by molar-refractivity contribution is -0.0132. The number of nitrogens with zero attached hydrogens (tertiary/aromatic N) is 1. The summed E-state index contributed by atoms with van der Waals surface area (Å²) in [5.74, 6) is 0.0986. The fourth-order valence-electron chi connectivity index (χ4n) is 2.28. The summed E-state index contributed by atoms with van der Waals surface area (Å²) in [7, 11) is 0.